The molecule has 0 saturated carbocycles. The lowest BCUT2D eigenvalue weighted by Crippen LogP contribution is -2.15. The van der Waals surface area contributed by atoms with Gasteiger partial charge in [0.05, 0.1) is 21.3 Å². The number of hydrogen-bond acceptors (Lipinski definition) is 2. The fourth-order valence-electron chi connectivity index (χ4n) is 1.40. The molecule has 1 amide bonds. The van der Waals surface area contributed by atoms with Crippen LogP contribution in [0.3, 0.4) is 0 Å². The standard InChI is InChI=1S/C12H7Cl2FN2O2/c13-8-3-7(15)4-9(14)11(8)17-12(19)6-1-2-10(18)16-5-6/h1-5H,(H,16,18)(H,17,19). The predicted molar refractivity (Wildman–Crippen MR) is 71.4 cm³/mol. The summed E-state index contributed by atoms with van der Waals surface area (Å²) in [6.07, 6.45) is 1.25. The van der Waals surface area contributed by atoms with E-state index in [1.807, 2.05) is 0 Å². The van der Waals surface area contributed by atoms with Crippen molar-refractivity contribution in [1.29, 1.82) is 0 Å². The number of amides is 1. The second kappa shape index (κ2) is 5.42. The molecule has 0 fully saturated rings. The second-order valence-electron chi connectivity index (χ2n) is 3.64. The van der Waals surface area contributed by atoms with Crippen LogP contribution in [0.4, 0.5) is 10.1 Å². The highest BCUT2D eigenvalue weighted by molar-refractivity contribution is 6.40. The Kier molecular flexibility index (Phi) is 3.87. The molecule has 4 nitrogen and oxygen atoms in total. The molecule has 1 aromatic carbocycles. The Morgan fingerprint density at radius 2 is 1.84 bits per heavy atom. The van der Waals surface area contributed by atoms with Crippen molar-refractivity contribution in [3.63, 3.8) is 0 Å². The van der Waals surface area contributed by atoms with Crippen molar-refractivity contribution in [3.05, 3.63) is 62.2 Å². The quantitative estimate of drug-likeness (QED) is 0.895. The first-order valence-electron chi connectivity index (χ1n) is 5.12. The lowest BCUT2D eigenvalue weighted by Gasteiger charge is -2.09. The van der Waals surface area contributed by atoms with Gasteiger partial charge in [-0.25, -0.2) is 4.39 Å². The maximum absolute atomic E-state index is 13.0. The summed E-state index contributed by atoms with van der Waals surface area (Å²) in [5.74, 6) is -1.12. The Hall–Kier alpha value is -1.85. The Balaban J connectivity index is 2.29. The summed E-state index contributed by atoms with van der Waals surface area (Å²) in [5.41, 5.74) is 0.00592. The van der Waals surface area contributed by atoms with Gasteiger partial charge in [-0.15, -0.1) is 0 Å². The van der Waals surface area contributed by atoms with E-state index in [9.17, 15) is 14.0 Å². The van der Waals surface area contributed by atoms with Crippen LogP contribution in [-0.2, 0) is 0 Å². The van der Waals surface area contributed by atoms with Gasteiger partial charge in [-0.05, 0) is 18.2 Å². The van der Waals surface area contributed by atoms with Crippen molar-refractivity contribution in [3.8, 4) is 0 Å². The third-order valence-corrected chi connectivity index (χ3v) is 2.89. The SMILES string of the molecule is O=C(Nc1c(Cl)cc(F)cc1Cl)c1ccc(=O)[nH]c1. The lowest BCUT2D eigenvalue weighted by atomic mass is 10.2. The molecule has 19 heavy (non-hydrogen) atoms. The zero-order valence-corrected chi connectivity index (χ0v) is 10.8. The summed E-state index contributed by atoms with van der Waals surface area (Å²) in [6.45, 7) is 0. The van der Waals surface area contributed by atoms with Gasteiger partial charge in [0.1, 0.15) is 5.82 Å². The number of rotatable bonds is 2. The third kappa shape index (κ3) is 3.13. The maximum atomic E-state index is 13.0. The van der Waals surface area contributed by atoms with E-state index < -0.39 is 11.7 Å². The first kappa shape index (κ1) is 13.6. The van der Waals surface area contributed by atoms with Gasteiger partial charge in [0, 0.05) is 12.3 Å². The van der Waals surface area contributed by atoms with E-state index in [2.05, 4.69) is 10.3 Å². The number of pyridine rings is 1. The van der Waals surface area contributed by atoms with Gasteiger partial charge in [-0.3, -0.25) is 9.59 Å². The Bertz CT molecular complexity index is 657. The van der Waals surface area contributed by atoms with E-state index in [0.717, 1.165) is 12.1 Å². The molecule has 2 rings (SSSR count). The molecule has 0 aliphatic rings. The zero-order valence-electron chi connectivity index (χ0n) is 9.34. The van der Waals surface area contributed by atoms with Gasteiger partial charge < -0.3 is 10.3 Å². The van der Waals surface area contributed by atoms with Crippen molar-refractivity contribution in [1.82, 2.24) is 4.98 Å². The summed E-state index contributed by atoms with van der Waals surface area (Å²) in [6, 6.07) is 4.63. The fourth-order valence-corrected chi connectivity index (χ4v) is 1.95. The normalized spacial score (nSPS) is 10.3. The molecule has 0 saturated heterocycles. The van der Waals surface area contributed by atoms with Crippen LogP contribution in [0.2, 0.25) is 10.0 Å². The second-order valence-corrected chi connectivity index (χ2v) is 4.45. The molecule has 0 unspecified atom stereocenters. The predicted octanol–water partition coefficient (Wildman–Crippen LogP) is 3.07. The minimum absolute atomic E-state index is 0.0113. The van der Waals surface area contributed by atoms with Crippen LogP contribution in [0.25, 0.3) is 0 Å². The van der Waals surface area contributed by atoms with Crippen LogP contribution < -0.4 is 10.9 Å². The number of aromatic amines is 1. The smallest absolute Gasteiger partial charge is 0.257 e. The van der Waals surface area contributed by atoms with Crippen molar-refractivity contribution >= 4 is 34.8 Å². The molecule has 7 heteroatoms. The first-order chi connectivity index (χ1) is 8.97. The summed E-state index contributed by atoms with van der Waals surface area (Å²) in [5, 5.41) is 2.43. The first-order valence-corrected chi connectivity index (χ1v) is 5.87. The molecule has 0 spiro atoms. The zero-order chi connectivity index (χ0) is 14.0. The molecular weight excluding hydrogens is 294 g/mol. The minimum atomic E-state index is -0.600. The van der Waals surface area contributed by atoms with Crippen LogP contribution >= 0.6 is 23.2 Å². The van der Waals surface area contributed by atoms with Gasteiger partial charge in [-0.1, -0.05) is 23.2 Å². The van der Waals surface area contributed by atoms with Crippen LogP contribution in [-0.4, -0.2) is 10.9 Å². The molecular formula is C12H7Cl2FN2O2. The average molecular weight is 301 g/mol. The summed E-state index contributed by atoms with van der Waals surface area (Å²) in [7, 11) is 0. The van der Waals surface area contributed by atoms with Crippen molar-refractivity contribution < 1.29 is 9.18 Å². The number of nitrogens with one attached hydrogen (secondary N) is 2. The highest BCUT2D eigenvalue weighted by Crippen LogP contribution is 2.31. The van der Waals surface area contributed by atoms with Crippen molar-refractivity contribution in [2.75, 3.05) is 5.32 Å². The number of hydrogen-bond donors (Lipinski definition) is 2. The number of carbonyl (C=O) groups is 1. The van der Waals surface area contributed by atoms with E-state index in [1.165, 1.54) is 18.3 Å². The van der Waals surface area contributed by atoms with Gasteiger partial charge in [0.2, 0.25) is 5.56 Å². The molecule has 0 aliphatic carbocycles. The molecule has 1 aromatic heterocycles. The maximum Gasteiger partial charge on any atom is 0.257 e. The van der Waals surface area contributed by atoms with Crippen LogP contribution in [0, 0.1) is 5.82 Å². The Morgan fingerprint density at radius 3 is 2.37 bits per heavy atom. The monoisotopic (exact) mass is 300 g/mol. The molecule has 1 heterocycles. The molecule has 0 radical (unpaired) electrons. The van der Waals surface area contributed by atoms with Crippen LogP contribution in [0.1, 0.15) is 10.4 Å². The number of anilines is 1. The number of benzene rings is 1. The van der Waals surface area contributed by atoms with E-state index in [-0.39, 0.29) is 26.9 Å². The van der Waals surface area contributed by atoms with Gasteiger partial charge in [-0.2, -0.15) is 0 Å². The van der Waals surface area contributed by atoms with Gasteiger partial charge in [0.25, 0.3) is 5.91 Å². The average Bonchev–Trinajstić information content (AvgIpc) is 2.34. The highest BCUT2D eigenvalue weighted by atomic mass is 35.5. The lowest BCUT2D eigenvalue weighted by molar-refractivity contribution is 0.102. The van der Waals surface area contributed by atoms with Gasteiger partial charge in [0.15, 0.2) is 0 Å². The van der Waals surface area contributed by atoms with E-state index >= 15 is 0 Å². The fraction of sp³-hybridized carbons (Fsp3) is 0. The molecule has 98 valence electrons. The van der Waals surface area contributed by atoms with Crippen LogP contribution in [0.5, 0.6) is 0 Å². The van der Waals surface area contributed by atoms with E-state index in [1.54, 1.807) is 0 Å². The van der Waals surface area contributed by atoms with Crippen molar-refractivity contribution in [2.45, 2.75) is 0 Å². The minimum Gasteiger partial charge on any atom is -0.328 e. The largest absolute Gasteiger partial charge is 0.328 e. The molecule has 0 aliphatic heterocycles. The molecule has 0 atom stereocenters. The Morgan fingerprint density at radius 1 is 1.21 bits per heavy atom. The summed E-state index contributed by atoms with van der Waals surface area (Å²) >= 11 is 11.6. The number of H-pyrrole nitrogens is 1. The van der Waals surface area contributed by atoms with Crippen LogP contribution in [0.15, 0.2) is 35.3 Å². The number of aromatic nitrogens is 1. The van der Waals surface area contributed by atoms with E-state index in [0.29, 0.717) is 0 Å². The summed E-state index contributed by atoms with van der Waals surface area (Å²) < 4.78 is 13.0. The molecule has 2 aromatic rings. The topological polar surface area (TPSA) is 62.0 Å². The highest BCUT2D eigenvalue weighted by Gasteiger charge is 2.13. The Labute approximate surface area is 117 Å². The molecule has 0 bridgehead atoms. The number of halogens is 3. The molecule has 2 N–H and O–H groups in total. The van der Waals surface area contributed by atoms with E-state index in [4.69, 9.17) is 23.2 Å². The number of carbonyl (C=O) groups excluding carboxylic acids is 1. The van der Waals surface area contributed by atoms with Gasteiger partial charge >= 0.3 is 0 Å². The van der Waals surface area contributed by atoms with Crippen molar-refractivity contribution in [2.24, 2.45) is 0 Å². The third-order valence-electron chi connectivity index (χ3n) is 2.29. The summed E-state index contributed by atoms with van der Waals surface area (Å²) in [4.78, 5) is 25.1.